The van der Waals surface area contributed by atoms with E-state index in [9.17, 15) is 14.7 Å². The second kappa shape index (κ2) is 4.66. The van der Waals surface area contributed by atoms with E-state index in [1.54, 1.807) is 6.07 Å². The first-order valence-corrected chi connectivity index (χ1v) is 5.53. The van der Waals surface area contributed by atoms with Gasteiger partial charge in [-0.15, -0.1) is 0 Å². The monoisotopic (exact) mass is 250 g/mol. The average Bonchev–Trinajstić information content (AvgIpc) is 2.58. The van der Waals surface area contributed by atoms with Crippen LogP contribution in [-0.4, -0.2) is 40.0 Å². The Balaban J connectivity index is 1.98. The molecule has 0 spiro atoms. The maximum atomic E-state index is 11.6. The highest BCUT2D eigenvalue weighted by Gasteiger charge is 2.35. The van der Waals surface area contributed by atoms with Crippen LogP contribution in [0, 0.1) is 0 Å². The topological polar surface area (TPSA) is 89.9 Å². The number of benzene rings is 1. The van der Waals surface area contributed by atoms with E-state index < -0.39 is 6.04 Å². The minimum absolute atomic E-state index is 0.152. The van der Waals surface area contributed by atoms with Crippen molar-refractivity contribution in [2.45, 2.75) is 19.0 Å². The van der Waals surface area contributed by atoms with E-state index >= 15 is 0 Å². The molecule has 1 unspecified atom stereocenters. The zero-order valence-electron chi connectivity index (χ0n) is 9.88. The van der Waals surface area contributed by atoms with Gasteiger partial charge in [-0.05, 0) is 17.7 Å². The van der Waals surface area contributed by atoms with Gasteiger partial charge in [-0.25, -0.2) is 0 Å². The van der Waals surface area contributed by atoms with Crippen LogP contribution in [0.25, 0.3) is 0 Å². The number of hydrogen-bond donors (Lipinski definition) is 3. The molecule has 96 valence electrons. The summed E-state index contributed by atoms with van der Waals surface area (Å²) in [6.07, 6.45) is 0.152. The average molecular weight is 250 g/mol. The fourth-order valence-corrected chi connectivity index (χ4v) is 1.84. The standard InChI is InChI=1S/C12H14N2O4/c1-14-11(17)5-8(12(14)18)13-6-7-2-3-9(15)10(16)4-7/h2-4,8,13,15-16H,5-6H2,1H3. The maximum absolute atomic E-state index is 11.6. The summed E-state index contributed by atoms with van der Waals surface area (Å²) in [4.78, 5) is 24.0. The molecule has 2 amide bonds. The van der Waals surface area contributed by atoms with Gasteiger partial charge in [0.1, 0.15) is 0 Å². The number of nitrogens with zero attached hydrogens (tertiary/aromatic N) is 1. The Kier molecular flexibility index (Phi) is 3.20. The smallest absolute Gasteiger partial charge is 0.246 e. The van der Waals surface area contributed by atoms with Crippen LogP contribution in [0.1, 0.15) is 12.0 Å². The normalized spacial score (nSPS) is 19.6. The lowest BCUT2D eigenvalue weighted by Crippen LogP contribution is -2.36. The SMILES string of the molecule is CN1C(=O)CC(NCc2ccc(O)c(O)c2)C1=O. The van der Waals surface area contributed by atoms with Gasteiger partial charge < -0.3 is 15.5 Å². The number of carbonyl (C=O) groups is 2. The van der Waals surface area contributed by atoms with E-state index in [1.165, 1.54) is 19.2 Å². The minimum Gasteiger partial charge on any atom is -0.504 e. The van der Waals surface area contributed by atoms with Crippen molar-refractivity contribution in [1.29, 1.82) is 0 Å². The molecule has 1 atom stereocenters. The Labute approximate surface area is 104 Å². The van der Waals surface area contributed by atoms with E-state index in [-0.39, 0.29) is 29.7 Å². The Morgan fingerprint density at radius 2 is 2.06 bits per heavy atom. The molecule has 0 aliphatic carbocycles. The Hall–Kier alpha value is -2.08. The molecule has 6 heteroatoms. The van der Waals surface area contributed by atoms with Crippen molar-refractivity contribution >= 4 is 11.8 Å². The van der Waals surface area contributed by atoms with Gasteiger partial charge >= 0.3 is 0 Å². The highest BCUT2D eigenvalue weighted by atomic mass is 16.3. The molecule has 18 heavy (non-hydrogen) atoms. The van der Waals surface area contributed by atoms with Crippen LogP contribution < -0.4 is 5.32 Å². The van der Waals surface area contributed by atoms with Gasteiger partial charge in [-0.1, -0.05) is 6.07 Å². The predicted molar refractivity (Wildman–Crippen MR) is 62.8 cm³/mol. The fourth-order valence-electron chi connectivity index (χ4n) is 1.84. The molecule has 0 bridgehead atoms. The molecule has 0 radical (unpaired) electrons. The van der Waals surface area contributed by atoms with Crippen molar-refractivity contribution in [3.05, 3.63) is 23.8 Å². The summed E-state index contributed by atoms with van der Waals surface area (Å²) < 4.78 is 0. The van der Waals surface area contributed by atoms with Crippen LogP contribution in [0.4, 0.5) is 0 Å². The van der Waals surface area contributed by atoms with Crippen molar-refractivity contribution < 1.29 is 19.8 Å². The van der Waals surface area contributed by atoms with E-state index in [2.05, 4.69) is 5.32 Å². The maximum Gasteiger partial charge on any atom is 0.246 e. The van der Waals surface area contributed by atoms with Gasteiger partial charge in [-0.3, -0.25) is 14.5 Å². The number of likely N-dealkylation sites (N-methyl/N-ethyl adjacent to an activating group) is 1. The van der Waals surface area contributed by atoms with Crippen molar-refractivity contribution in [3.8, 4) is 11.5 Å². The van der Waals surface area contributed by atoms with E-state index in [4.69, 9.17) is 5.11 Å². The largest absolute Gasteiger partial charge is 0.504 e. The Morgan fingerprint density at radius 1 is 1.33 bits per heavy atom. The molecule has 1 saturated heterocycles. The van der Waals surface area contributed by atoms with Crippen LogP contribution in [0.2, 0.25) is 0 Å². The molecule has 0 saturated carbocycles. The number of phenols is 2. The molecular formula is C12H14N2O4. The number of aromatic hydroxyl groups is 2. The van der Waals surface area contributed by atoms with Gasteiger partial charge in [0, 0.05) is 13.6 Å². The van der Waals surface area contributed by atoms with Gasteiger partial charge in [0.25, 0.3) is 0 Å². The van der Waals surface area contributed by atoms with Crippen molar-refractivity contribution in [1.82, 2.24) is 10.2 Å². The molecular weight excluding hydrogens is 236 g/mol. The molecule has 1 aromatic rings. The first-order valence-electron chi connectivity index (χ1n) is 5.53. The molecule has 1 heterocycles. The second-order valence-corrected chi connectivity index (χ2v) is 4.25. The van der Waals surface area contributed by atoms with Crippen molar-refractivity contribution in [2.75, 3.05) is 7.05 Å². The molecule has 1 aromatic carbocycles. The molecule has 1 fully saturated rings. The number of hydrogen-bond acceptors (Lipinski definition) is 5. The summed E-state index contributed by atoms with van der Waals surface area (Å²) in [7, 11) is 1.46. The number of amides is 2. The third kappa shape index (κ3) is 2.28. The van der Waals surface area contributed by atoms with Crippen LogP contribution in [0.5, 0.6) is 11.5 Å². The van der Waals surface area contributed by atoms with Crippen molar-refractivity contribution in [2.24, 2.45) is 0 Å². The third-order valence-electron chi connectivity index (χ3n) is 2.97. The fraction of sp³-hybridized carbons (Fsp3) is 0.333. The number of imide groups is 1. The highest BCUT2D eigenvalue weighted by Crippen LogP contribution is 2.24. The minimum atomic E-state index is -0.515. The lowest BCUT2D eigenvalue weighted by Gasteiger charge is -2.11. The lowest BCUT2D eigenvalue weighted by molar-refractivity contribution is -0.137. The lowest BCUT2D eigenvalue weighted by atomic mass is 10.1. The molecule has 6 nitrogen and oxygen atoms in total. The molecule has 3 N–H and O–H groups in total. The van der Waals surface area contributed by atoms with Gasteiger partial charge in [0.05, 0.1) is 12.5 Å². The van der Waals surface area contributed by atoms with Crippen LogP contribution in [-0.2, 0) is 16.1 Å². The van der Waals surface area contributed by atoms with Crippen LogP contribution >= 0.6 is 0 Å². The van der Waals surface area contributed by atoms with E-state index in [0.29, 0.717) is 6.54 Å². The highest BCUT2D eigenvalue weighted by molar-refractivity contribution is 6.05. The number of carbonyl (C=O) groups excluding carboxylic acids is 2. The van der Waals surface area contributed by atoms with Crippen LogP contribution in [0.15, 0.2) is 18.2 Å². The zero-order chi connectivity index (χ0) is 13.3. The summed E-state index contributed by atoms with van der Waals surface area (Å²) >= 11 is 0. The Morgan fingerprint density at radius 3 is 2.61 bits per heavy atom. The number of phenolic OH excluding ortho intramolecular Hbond substituents is 2. The van der Waals surface area contributed by atoms with Gasteiger partial charge in [0.15, 0.2) is 11.5 Å². The molecule has 1 aliphatic heterocycles. The second-order valence-electron chi connectivity index (χ2n) is 4.25. The quantitative estimate of drug-likeness (QED) is 0.516. The summed E-state index contributed by atoms with van der Waals surface area (Å²) in [6, 6.07) is 3.90. The predicted octanol–water partition coefficient (Wildman–Crippen LogP) is -0.0553. The van der Waals surface area contributed by atoms with Gasteiger partial charge in [-0.2, -0.15) is 0 Å². The first kappa shape index (κ1) is 12.4. The molecule has 1 aliphatic rings. The summed E-state index contributed by atoms with van der Waals surface area (Å²) in [5.41, 5.74) is 0.722. The summed E-state index contributed by atoms with van der Waals surface area (Å²) in [6.45, 7) is 0.339. The van der Waals surface area contributed by atoms with E-state index in [0.717, 1.165) is 10.5 Å². The zero-order valence-corrected chi connectivity index (χ0v) is 9.88. The first-order chi connectivity index (χ1) is 8.49. The number of nitrogens with one attached hydrogen (secondary N) is 1. The Bertz CT molecular complexity index is 501. The summed E-state index contributed by atoms with van der Waals surface area (Å²) in [5.74, 6) is -0.847. The van der Waals surface area contributed by atoms with Gasteiger partial charge in [0.2, 0.25) is 11.8 Å². The number of rotatable bonds is 3. The summed E-state index contributed by atoms with van der Waals surface area (Å²) in [5, 5.41) is 21.4. The van der Waals surface area contributed by atoms with Crippen LogP contribution in [0.3, 0.4) is 0 Å². The number of likely N-dealkylation sites (tertiary alicyclic amines) is 1. The van der Waals surface area contributed by atoms with E-state index in [1.807, 2.05) is 0 Å². The molecule has 0 aromatic heterocycles. The molecule has 2 rings (SSSR count). The van der Waals surface area contributed by atoms with Crippen molar-refractivity contribution in [3.63, 3.8) is 0 Å². The third-order valence-corrected chi connectivity index (χ3v) is 2.97.